The highest BCUT2D eigenvalue weighted by Gasteiger charge is 2.21. The van der Waals surface area contributed by atoms with Gasteiger partial charge in [-0.2, -0.15) is 0 Å². The van der Waals surface area contributed by atoms with Crippen LogP contribution < -0.4 is 3.53 Å². The summed E-state index contributed by atoms with van der Waals surface area (Å²) in [5.74, 6) is 2.50. The van der Waals surface area contributed by atoms with Crippen molar-refractivity contribution in [2.75, 3.05) is 18.1 Å². The fraction of sp³-hybridized carbons (Fsp3) is 1.00. The van der Waals surface area contributed by atoms with E-state index in [1.54, 1.807) is 0 Å². The summed E-state index contributed by atoms with van der Waals surface area (Å²) in [7, 11) is 0. The Morgan fingerprint density at radius 3 is 3.10 bits per heavy atom. The van der Waals surface area contributed by atoms with E-state index in [1.165, 1.54) is 6.42 Å². The van der Waals surface area contributed by atoms with E-state index in [0.717, 1.165) is 24.5 Å². The predicted octanol–water partition coefficient (Wildman–Crippen LogP) is 1.08. The quantitative estimate of drug-likeness (QED) is 0.464. The molecule has 0 amide bonds. The lowest BCUT2D eigenvalue weighted by Gasteiger charge is -2.23. The molecule has 2 atom stereocenters. The van der Waals surface area contributed by atoms with E-state index >= 15 is 0 Å². The van der Waals surface area contributed by atoms with Gasteiger partial charge in [-0.05, 0) is 12.8 Å². The lowest BCUT2D eigenvalue weighted by molar-refractivity contribution is 0.487. The van der Waals surface area contributed by atoms with Crippen molar-refractivity contribution in [3.05, 3.63) is 0 Å². The van der Waals surface area contributed by atoms with Gasteiger partial charge in [0.25, 0.3) is 0 Å². The van der Waals surface area contributed by atoms with Crippen LogP contribution in [0.25, 0.3) is 0 Å². The van der Waals surface area contributed by atoms with Crippen molar-refractivity contribution in [2.24, 2.45) is 5.92 Å². The zero-order valence-electron chi connectivity index (χ0n) is 5.81. The smallest absolute Gasteiger partial charge is 0.109 e. The molecule has 0 spiro atoms. The highest BCUT2D eigenvalue weighted by atomic mass is 127. The standard InChI is InChI=1S/C6H12INOS/c7-8-4-6-2-1-3-10(9)5-6/h6,8H,1-5H2. The van der Waals surface area contributed by atoms with E-state index in [4.69, 9.17) is 0 Å². The Morgan fingerprint density at radius 2 is 2.50 bits per heavy atom. The molecule has 1 N–H and O–H groups in total. The summed E-state index contributed by atoms with van der Waals surface area (Å²) in [4.78, 5) is 0. The van der Waals surface area contributed by atoms with Gasteiger partial charge in [-0.3, -0.25) is 3.53 Å². The van der Waals surface area contributed by atoms with Crippen LogP contribution in [0, 0.1) is 5.92 Å². The lowest BCUT2D eigenvalue weighted by Crippen LogP contribution is -2.29. The molecule has 4 heteroatoms. The summed E-state index contributed by atoms with van der Waals surface area (Å²) < 4.78 is 14.1. The molecule has 0 radical (unpaired) electrons. The number of rotatable bonds is 2. The van der Waals surface area contributed by atoms with E-state index < -0.39 is 11.2 Å². The minimum Gasteiger partial charge on any atom is -0.616 e. The van der Waals surface area contributed by atoms with E-state index in [2.05, 4.69) is 26.4 Å². The maximum absolute atomic E-state index is 11.0. The third-order valence-electron chi connectivity index (χ3n) is 1.77. The normalized spacial score (nSPS) is 34.2. The molecular weight excluding hydrogens is 261 g/mol. The molecular formula is C6H12INOS. The molecule has 0 aromatic heterocycles. The van der Waals surface area contributed by atoms with Crippen LogP contribution in [0.5, 0.6) is 0 Å². The van der Waals surface area contributed by atoms with Gasteiger partial charge in [-0.25, -0.2) is 0 Å². The van der Waals surface area contributed by atoms with Gasteiger partial charge in [0.1, 0.15) is 11.5 Å². The van der Waals surface area contributed by atoms with Crippen molar-refractivity contribution in [1.82, 2.24) is 3.53 Å². The van der Waals surface area contributed by atoms with Crippen LogP contribution >= 0.6 is 22.9 Å². The molecule has 0 bridgehead atoms. The molecule has 1 aliphatic heterocycles. The van der Waals surface area contributed by atoms with Crippen molar-refractivity contribution < 1.29 is 4.55 Å². The fourth-order valence-electron chi connectivity index (χ4n) is 1.23. The number of hydrogen-bond donors (Lipinski definition) is 1. The second-order valence-corrected chi connectivity index (χ2v) is 5.04. The van der Waals surface area contributed by atoms with Crippen molar-refractivity contribution in [2.45, 2.75) is 12.8 Å². The van der Waals surface area contributed by atoms with Gasteiger partial charge in [0.05, 0.1) is 0 Å². The first-order chi connectivity index (χ1) is 4.83. The maximum atomic E-state index is 11.0. The summed E-state index contributed by atoms with van der Waals surface area (Å²) >= 11 is 1.63. The van der Waals surface area contributed by atoms with Crippen molar-refractivity contribution in [3.63, 3.8) is 0 Å². The molecule has 10 heavy (non-hydrogen) atoms. The SMILES string of the molecule is [O-][S+]1CCCC(CNI)C1. The zero-order valence-corrected chi connectivity index (χ0v) is 8.78. The molecule has 1 saturated heterocycles. The Hall–Kier alpha value is 1.00. The van der Waals surface area contributed by atoms with Gasteiger partial charge in [0.2, 0.25) is 0 Å². The van der Waals surface area contributed by atoms with E-state index in [9.17, 15) is 4.55 Å². The van der Waals surface area contributed by atoms with Crippen LogP contribution in [0.15, 0.2) is 0 Å². The van der Waals surface area contributed by atoms with Crippen molar-refractivity contribution >= 4 is 34.0 Å². The van der Waals surface area contributed by atoms with Crippen molar-refractivity contribution in [3.8, 4) is 0 Å². The molecule has 0 aliphatic carbocycles. The van der Waals surface area contributed by atoms with Crippen molar-refractivity contribution in [1.29, 1.82) is 0 Å². The summed E-state index contributed by atoms with van der Waals surface area (Å²) in [5, 5.41) is 0. The monoisotopic (exact) mass is 273 g/mol. The summed E-state index contributed by atoms with van der Waals surface area (Å²) in [6, 6.07) is 0. The minimum atomic E-state index is -0.515. The second-order valence-electron chi connectivity index (χ2n) is 2.66. The zero-order chi connectivity index (χ0) is 7.40. The molecule has 2 nitrogen and oxygen atoms in total. The van der Waals surface area contributed by atoms with Crippen LogP contribution in [0.1, 0.15) is 12.8 Å². The topological polar surface area (TPSA) is 35.1 Å². The molecule has 1 fully saturated rings. The fourth-order valence-corrected chi connectivity index (χ4v) is 3.32. The Kier molecular flexibility index (Phi) is 4.36. The average molecular weight is 273 g/mol. The van der Waals surface area contributed by atoms with Crippen LogP contribution in [0.2, 0.25) is 0 Å². The molecule has 0 saturated carbocycles. The summed E-state index contributed by atoms with van der Waals surface area (Å²) in [5.41, 5.74) is 0. The molecule has 60 valence electrons. The minimum absolute atomic E-state index is 0.515. The average Bonchev–Trinajstić information content (AvgIpc) is 1.88. The third-order valence-corrected chi connectivity index (χ3v) is 3.80. The Morgan fingerprint density at radius 1 is 1.70 bits per heavy atom. The number of halogens is 1. The molecule has 2 unspecified atom stereocenters. The summed E-state index contributed by atoms with van der Waals surface area (Å²) in [6.07, 6.45) is 2.40. The van der Waals surface area contributed by atoms with E-state index in [-0.39, 0.29) is 0 Å². The highest BCUT2D eigenvalue weighted by Crippen LogP contribution is 2.17. The van der Waals surface area contributed by atoms with Gasteiger partial charge >= 0.3 is 0 Å². The van der Waals surface area contributed by atoms with Crippen LogP contribution in [0.3, 0.4) is 0 Å². The lowest BCUT2D eigenvalue weighted by atomic mass is 10.1. The van der Waals surface area contributed by atoms with Gasteiger partial charge in [0.15, 0.2) is 0 Å². The van der Waals surface area contributed by atoms with Crippen LogP contribution in [-0.2, 0) is 11.2 Å². The van der Waals surface area contributed by atoms with Crippen LogP contribution in [0.4, 0.5) is 0 Å². The molecule has 1 rings (SSSR count). The van der Waals surface area contributed by atoms with Gasteiger partial charge in [-0.1, -0.05) is 11.2 Å². The van der Waals surface area contributed by atoms with E-state index in [0.29, 0.717) is 5.92 Å². The third kappa shape index (κ3) is 2.94. The van der Waals surface area contributed by atoms with Gasteiger partial charge in [0, 0.05) is 35.3 Å². The molecule has 0 aromatic carbocycles. The van der Waals surface area contributed by atoms with Gasteiger partial charge < -0.3 is 4.55 Å². The first kappa shape index (κ1) is 9.09. The number of nitrogens with one attached hydrogen (secondary N) is 1. The largest absolute Gasteiger partial charge is 0.616 e. The first-order valence-corrected chi connectivity index (χ1v) is 6.08. The highest BCUT2D eigenvalue weighted by molar-refractivity contribution is 14.1. The maximum Gasteiger partial charge on any atom is 0.109 e. The Labute approximate surface area is 78.8 Å². The molecule has 0 aromatic rings. The Bertz CT molecular complexity index is 102. The van der Waals surface area contributed by atoms with Crippen LogP contribution in [-0.4, -0.2) is 22.6 Å². The summed E-state index contributed by atoms with van der Waals surface area (Å²) in [6.45, 7) is 1.02. The first-order valence-electron chi connectivity index (χ1n) is 3.51. The van der Waals surface area contributed by atoms with Gasteiger partial charge in [-0.15, -0.1) is 0 Å². The molecule has 1 aliphatic rings. The second kappa shape index (κ2) is 4.79. The predicted molar refractivity (Wildman–Crippen MR) is 52.6 cm³/mol. The molecule has 1 heterocycles. The number of hydrogen-bond acceptors (Lipinski definition) is 2. The van der Waals surface area contributed by atoms with E-state index in [1.807, 2.05) is 0 Å². The Balaban J connectivity index is 2.18.